The van der Waals surface area contributed by atoms with Crippen LogP contribution in [0, 0.1) is 17.0 Å². The molecule has 0 radical (unpaired) electrons. The molecule has 0 fully saturated rings. The number of para-hydroxylation sites is 1. The Bertz CT molecular complexity index is 476. The van der Waals surface area contributed by atoms with Crippen molar-refractivity contribution in [1.82, 2.24) is 5.43 Å². The molecule has 0 spiro atoms. The molecule has 1 atom stereocenters. The normalized spacial score (nSPS) is 11.7. The lowest BCUT2D eigenvalue weighted by molar-refractivity contribution is -0.386. The van der Waals surface area contributed by atoms with Crippen LogP contribution < -0.4 is 16.0 Å². The summed E-state index contributed by atoms with van der Waals surface area (Å²) in [6.45, 7) is 3.49. The second-order valence-electron chi connectivity index (χ2n) is 4.21. The van der Waals surface area contributed by atoms with Crippen LogP contribution in [0.25, 0.3) is 0 Å². The number of nitrogens with zero attached hydrogens (tertiary/aromatic N) is 1. The zero-order chi connectivity index (χ0) is 14.4. The van der Waals surface area contributed by atoms with Crippen LogP contribution in [0.4, 0.5) is 5.69 Å². The molecule has 1 unspecified atom stereocenters. The van der Waals surface area contributed by atoms with Gasteiger partial charge in [-0.05, 0) is 25.8 Å². The Balaban J connectivity index is 2.76. The number of nitro benzene ring substituents is 1. The molecule has 0 saturated heterocycles. The maximum Gasteiger partial charge on any atom is 0.311 e. The molecule has 7 heteroatoms. The van der Waals surface area contributed by atoms with Crippen molar-refractivity contribution in [3.8, 4) is 5.75 Å². The third kappa shape index (κ3) is 4.22. The molecule has 0 saturated carbocycles. The van der Waals surface area contributed by atoms with Crippen molar-refractivity contribution in [2.45, 2.75) is 32.8 Å². The number of nitrogens with one attached hydrogen (secondary N) is 1. The number of nitro groups is 1. The van der Waals surface area contributed by atoms with E-state index in [0.717, 1.165) is 0 Å². The molecular formula is C12H17N3O4. The fourth-order valence-electron chi connectivity index (χ4n) is 1.60. The number of ether oxygens (including phenoxy) is 1. The molecule has 1 rings (SSSR count). The molecule has 0 heterocycles. The van der Waals surface area contributed by atoms with E-state index in [1.165, 1.54) is 6.07 Å². The summed E-state index contributed by atoms with van der Waals surface area (Å²) in [6, 6.07) is 4.73. The number of hydrogen-bond acceptors (Lipinski definition) is 5. The minimum atomic E-state index is -0.484. The Morgan fingerprint density at radius 1 is 1.58 bits per heavy atom. The van der Waals surface area contributed by atoms with Gasteiger partial charge in [-0.3, -0.25) is 20.3 Å². The summed E-state index contributed by atoms with van der Waals surface area (Å²) >= 11 is 0. The van der Waals surface area contributed by atoms with Gasteiger partial charge in [0.15, 0.2) is 5.75 Å². The van der Waals surface area contributed by atoms with E-state index in [0.29, 0.717) is 12.0 Å². The Kier molecular flexibility index (Phi) is 5.25. The molecule has 0 bridgehead atoms. The third-order valence-electron chi connectivity index (χ3n) is 2.65. The van der Waals surface area contributed by atoms with Gasteiger partial charge < -0.3 is 4.74 Å². The van der Waals surface area contributed by atoms with E-state index in [4.69, 9.17) is 10.6 Å². The highest BCUT2D eigenvalue weighted by atomic mass is 16.6. The maximum atomic E-state index is 11.0. The first-order valence-electron chi connectivity index (χ1n) is 5.85. The van der Waals surface area contributed by atoms with Crippen LogP contribution in [-0.2, 0) is 4.79 Å². The van der Waals surface area contributed by atoms with Crippen LogP contribution in [0.3, 0.4) is 0 Å². The van der Waals surface area contributed by atoms with Gasteiger partial charge in [0, 0.05) is 12.5 Å². The van der Waals surface area contributed by atoms with Crippen molar-refractivity contribution in [2.75, 3.05) is 0 Å². The van der Waals surface area contributed by atoms with Gasteiger partial charge in [-0.15, -0.1) is 0 Å². The van der Waals surface area contributed by atoms with Crippen molar-refractivity contribution in [3.05, 3.63) is 33.9 Å². The Hall–Kier alpha value is -2.15. The standard InChI is InChI=1S/C12H17N3O4/c1-8-4-3-5-10(15(17)18)12(8)19-9(2)6-7-11(16)14-13/h3-5,9H,6-7,13H2,1-2H3,(H,14,16). The lowest BCUT2D eigenvalue weighted by Gasteiger charge is -2.15. The highest BCUT2D eigenvalue weighted by Crippen LogP contribution is 2.31. The fraction of sp³-hybridized carbons (Fsp3) is 0.417. The molecule has 7 nitrogen and oxygen atoms in total. The van der Waals surface area contributed by atoms with Crippen LogP contribution in [-0.4, -0.2) is 16.9 Å². The van der Waals surface area contributed by atoms with Crippen molar-refractivity contribution < 1.29 is 14.5 Å². The Morgan fingerprint density at radius 3 is 2.84 bits per heavy atom. The van der Waals surface area contributed by atoms with Gasteiger partial charge in [-0.25, -0.2) is 5.84 Å². The summed E-state index contributed by atoms with van der Waals surface area (Å²) < 4.78 is 5.57. The van der Waals surface area contributed by atoms with Crippen molar-refractivity contribution in [1.29, 1.82) is 0 Å². The lowest BCUT2D eigenvalue weighted by Crippen LogP contribution is -2.30. The monoisotopic (exact) mass is 267 g/mol. The lowest BCUT2D eigenvalue weighted by atomic mass is 10.1. The van der Waals surface area contributed by atoms with Gasteiger partial charge in [-0.2, -0.15) is 0 Å². The van der Waals surface area contributed by atoms with Gasteiger partial charge >= 0.3 is 5.69 Å². The van der Waals surface area contributed by atoms with Gasteiger partial charge in [-0.1, -0.05) is 12.1 Å². The predicted octanol–water partition coefficient (Wildman–Crippen LogP) is 1.44. The largest absolute Gasteiger partial charge is 0.484 e. The topological polar surface area (TPSA) is 107 Å². The quantitative estimate of drug-likeness (QED) is 0.351. The zero-order valence-electron chi connectivity index (χ0n) is 10.9. The van der Waals surface area contributed by atoms with Crippen molar-refractivity contribution in [2.24, 2.45) is 5.84 Å². The molecule has 3 N–H and O–H groups in total. The number of benzene rings is 1. The first-order valence-corrected chi connectivity index (χ1v) is 5.85. The maximum absolute atomic E-state index is 11.0. The van der Waals surface area contributed by atoms with Crippen LogP contribution in [0.5, 0.6) is 5.75 Å². The first kappa shape index (κ1) is 14.9. The smallest absolute Gasteiger partial charge is 0.311 e. The molecule has 0 aliphatic rings. The van der Waals surface area contributed by atoms with Crippen LogP contribution in [0.1, 0.15) is 25.3 Å². The Morgan fingerprint density at radius 2 is 2.26 bits per heavy atom. The fourth-order valence-corrected chi connectivity index (χ4v) is 1.60. The molecule has 104 valence electrons. The zero-order valence-corrected chi connectivity index (χ0v) is 10.9. The summed E-state index contributed by atoms with van der Waals surface area (Å²) in [6.07, 6.45) is 0.309. The van der Waals surface area contributed by atoms with Gasteiger partial charge in [0.25, 0.3) is 0 Å². The first-order chi connectivity index (χ1) is 8.95. The summed E-state index contributed by atoms with van der Waals surface area (Å²) in [7, 11) is 0. The number of hydrogen-bond donors (Lipinski definition) is 2. The molecular weight excluding hydrogens is 250 g/mol. The minimum Gasteiger partial charge on any atom is -0.484 e. The van der Waals surface area contributed by atoms with Gasteiger partial charge in [0.05, 0.1) is 11.0 Å². The number of aryl methyl sites for hydroxylation is 1. The molecule has 0 aliphatic carbocycles. The van der Waals surface area contributed by atoms with E-state index >= 15 is 0 Å². The summed E-state index contributed by atoms with van der Waals surface area (Å²) in [5.74, 6) is 4.92. The summed E-state index contributed by atoms with van der Waals surface area (Å²) in [4.78, 5) is 21.4. The number of nitrogens with two attached hydrogens (primary N) is 1. The van der Waals surface area contributed by atoms with E-state index in [2.05, 4.69) is 0 Å². The highest BCUT2D eigenvalue weighted by Gasteiger charge is 2.19. The molecule has 1 amide bonds. The van der Waals surface area contributed by atoms with Crippen LogP contribution in [0.2, 0.25) is 0 Å². The number of rotatable bonds is 6. The predicted molar refractivity (Wildman–Crippen MR) is 69.5 cm³/mol. The van der Waals surface area contributed by atoms with Gasteiger partial charge in [0.1, 0.15) is 0 Å². The van der Waals surface area contributed by atoms with E-state index < -0.39 is 4.92 Å². The molecule has 0 aromatic heterocycles. The van der Waals surface area contributed by atoms with Crippen molar-refractivity contribution >= 4 is 11.6 Å². The van der Waals surface area contributed by atoms with E-state index in [1.807, 2.05) is 5.43 Å². The third-order valence-corrected chi connectivity index (χ3v) is 2.65. The average Bonchev–Trinajstić information content (AvgIpc) is 2.38. The van der Waals surface area contributed by atoms with E-state index in [9.17, 15) is 14.9 Å². The SMILES string of the molecule is Cc1cccc([N+](=O)[O-])c1OC(C)CCC(=O)NN. The summed E-state index contributed by atoms with van der Waals surface area (Å²) in [5.41, 5.74) is 2.63. The minimum absolute atomic E-state index is 0.0740. The summed E-state index contributed by atoms with van der Waals surface area (Å²) in [5, 5.41) is 10.9. The number of amides is 1. The second kappa shape index (κ2) is 6.69. The number of carbonyl (C=O) groups excluding carboxylic acids is 1. The van der Waals surface area contributed by atoms with E-state index in [-0.39, 0.29) is 29.9 Å². The molecule has 1 aromatic carbocycles. The Labute approximate surface area is 110 Å². The van der Waals surface area contributed by atoms with E-state index in [1.54, 1.807) is 26.0 Å². The molecule has 0 aliphatic heterocycles. The highest BCUT2D eigenvalue weighted by molar-refractivity contribution is 5.75. The molecule has 1 aromatic rings. The average molecular weight is 267 g/mol. The van der Waals surface area contributed by atoms with Gasteiger partial charge in [0.2, 0.25) is 5.91 Å². The van der Waals surface area contributed by atoms with Crippen molar-refractivity contribution in [3.63, 3.8) is 0 Å². The second-order valence-corrected chi connectivity index (χ2v) is 4.21. The van der Waals surface area contributed by atoms with Crippen LogP contribution >= 0.6 is 0 Å². The number of carbonyl (C=O) groups is 1. The molecule has 19 heavy (non-hydrogen) atoms. The van der Waals surface area contributed by atoms with Crippen LogP contribution in [0.15, 0.2) is 18.2 Å². The number of hydrazine groups is 1.